The van der Waals surface area contributed by atoms with Gasteiger partial charge in [0.1, 0.15) is 0 Å². The van der Waals surface area contributed by atoms with Gasteiger partial charge >= 0.3 is 0 Å². The number of hydrogen-bond acceptors (Lipinski definition) is 3. The van der Waals surface area contributed by atoms with Crippen LogP contribution in [0, 0.1) is 0 Å². The monoisotopic (exact) mass is 226 g/mol. The van der Waals surface area contributed by atoms with Gasteiger partial charge in [0.05, 0.1) is 12.2 Å². The average Bonchev–Trinajstić information content (AvgIpc) is 2.55. The van der Waals surface area contributed by atoms with E-state index in [-0.39, 0.29) is 0 Å². The molecule has 0 saturated carbocycles. The topological polar surface area (TPSA) is 24.5 Å². The van der Waals surface area contributed by atoms with E-state index in [2.05, 4.69) is 24.1 Å². The van der Waals surface area contributed by atoms with Gasteiger partial charge in [0.2, 0.25) is 0 Å². The lowest BCUT2D eigenvalue weighted by Crippen LogP contribution is -2.40. The van der Waals surface area contributed by atoms with Gasteiger partial charge in [-0.25, -0.2) is 0 Å². The molecule has 3 atom stereocenters. The molecule has 2 aliphatic heterocycles. The van der Waals surface area contributed by atoms with Gasteiger partial charge in [0.15, 0.2) is 0 Å². The molecule has 0 bridgehead atoms. The zero-order chi connectivity index (χ0) is 11.4. The second kappa shape index (κ2) is 5.99. The molecule has 0 aromatic carbocycles. The quantitative estimate of drug-likeness (QED) is 0.791. The molecule has 2 rings (SSSR count). The van der Waals surface area contributed by atoms with Gasteiger partial charge in [-0.05, 0) is 45.7 Å². The van der Waals surface area contributed by atoms with E-state index in [1.165, 1.54) is 45.3 Å². The number of ether oxygens (including phenoxy) is 1. The van der Waals surface area contributed by atoms with E-state index in [0.717, 1.165) is 6.54 Å². The fourth-order valence-corrected chi connectivity index (χ4v) is 2.82. The van der Waals surface area contributed by atoms with Crippen LogP contribution in [-0.2, 0) is 4.74 Å². The summed E-state index contributed by atoms with van der Waals surface area (Å²) in [5, 5.41) is 3.61. The van der Waals surface area contributed by atoms with E-state index < -0.39 is 0 Å². The molecule has 3 nitrogen and oxygen atoms in total. The molecule has 0 radical (unpaired) electrons. The fourth-order valence-electron chi connectivity index (χ4n) is 2.82. The van der Waals surface area contributed by atoms with Crippen LogP contribution in [-0.4, -0.2) is 49.3 Å². The summed E-state index contributed by atoms with van der Waals surface area (Å²) < 4.78 is 5.91. The standard InChI is InChI=1S/C13H26N2O/c1-3-12-9-15(8-4-7-14-12)10-13-6-5-11(2)16-13/h11-14H,3-10H2,1-2H3. The summed E-state index contributed by atoms with van der Waals surface area (Å²) in [6, 6.07) is 0.682. The normalized spacial score (nSPS) is 37.5. The second-order valence-corrected chi connectivity index (χ2v) is 5.32. The second-order valence-electron chi connectivity index (χ2n) is 5.32. The largest absolute Gasteiger partial charge is 0.374 e. The first-order valence-electron chi connectivity index (χ1n) is 6.89. The molecule has 3 heteroatoms. The van der Waals surface area contributed by atoms with Crippen molar-refractivity contribution in [2.75, 3.05) is 26.2 Å². The van der Waals surface area contributed by atoms with E-state index >= 15 is 0 Å². The van der Waals surface area contributed by atoms with Crippen LogP contribution < -0.4 is 5.32 Å². The van der Waals surface area contributed by atoms with Crippen LogP contribution in [0.5, 0.6) is 0 Å². The zero-order valence-corrected chi connectivity index (χ0v) is 10.7. The lowest BCUT2D eigenvalue weighted by atomic mass is 10.1. The van der Waals surface area contributed by atoms with Crippen LogP contribution >= 0.6 is 0 Å². The Morgan fingerprint density at radius 1 is 1.38 bits per heavy atom. The summed E-state index contributed by atoms with van der Waals surface area (Å²) in [6.45, 7) is 9.22. The molecular weight excluding hydrogens is 200 g/mol. The lowest BCUT2D eigenvalue weighted by molar-refractivity contribution is 0.0311. The van der Waals surface area contributed by atoms with Gasteiger partial charge in [-0.3, -0.25) is 4.90 Å². The maximum Gasteiger partial charge on any atom is 0.0706 e. The van der Waals surface area contributed by atoms with Crippen molar-refractivity contribution in [3.8, 4) is 0 Å². The minimum atomic E-state index is 0.483. The Labute approximate surface area is 99.5 Å². The summed E-state index contributed by atoms with van der Waals surface area (Å²) in [5.74, 6) is 0. The van der Waals surface area contributed by atoms with E-state index in [9.17, 15) is 0 Å². The molecule has 2 fully saturated rings. The van der Waals surface area contributed by atoms with Crippen LogP contribution in [0.25, 0.3) is 0 Å². The summed E-state index contributed by atoms with van der Waals surface area (Å²) in [6.07, 6.45) is 5.98. The lowest BCUT2D eigenvalue weighted by Gasteiger charge is -2.26. The molecule has 2 aliphatic rings. The number of nitrogens with zero attached hydrogens (tertiary/aromatic N) is 1. The highest BCUT2D eigenvalue weighted by atomic mass is 16.5. The Morgan fingerprint density at radius 2 is 2.25 bits per heavy atom. The Morgan fingerprint density at radius 3 is 2.94 bits per heavy atom. The molecular formula is C13H26N2O. The van der Waals surface area contributed by atoms with Gasteiger partial charge in [-0.15, -0.1) is 0 Å². The van der Waals surface area contributed by atoms with Crippen molar-refractivity contribution < 1.29 is 4.74 Å². The van der Waals surface area contributed by atoms with Gasteiger partial charge in [-0.1, -0.05) is 6.92 Å². The number of hydrogen-bond donors (Lipinski definition) is 1. The van der Waals surface area contributed by atoms with Gasteiger partial charge in [0, 0.05) is 19.1 Å². The third kappa shape index (κ3) is 3.44. The predicted octanol–water partition coefficient (Wildman–Crippen LogP) is 1.63. The van der Waals surface area contributed by atoms with E-state index in [4.69, 9.17) is 4.74 Å². The first-order chi connectivity index (χ1) is 7.78. The molecule has 3 unspecified atom stereocenters. The van der Waals surface area contributed by atoms with Crippen LogP contribution in [0.1, 0.15) is 39.5 Å². The third-order valence-electron chi connectivity index (χ3n) is 3.84. The Kier molecular flexibility index (Phi) is 4.62. The summed E-state index contributed by atoms with van der Waals surface area (Å²) in [7, 11) is 0. The van der Waals surface area contributed by atoms with Gasteiger partial charge in [-0.2, -0.15) is 0 Å². The highest BCUT2D eigenvalue weighted by Gasteiger charge is 2.25. The third-order valence-corrected chi connectivity index (χ3v) is 3.84. The van der Waals surface area contributed by atoms with E-state index in [1.807, 2.05) is 0 Å². The van der Waals surface area contributed by atoms with Gasteiger partial charge in [0.25, 0.3) is 0 Å². The average molecular weight is 226 g/mol. The Balaban J connectivity index is 1.78. The molecule has 2 saturated heterocycles. The minimum absolute atomic E-state index is 0.483. The fraction of sp³-hybridized carbons (Fsp3) is 1.00. The predicted molar refractivity (Wildman–Crippen MR) is 66.7 cm³/mol. The maximum absolute atomic E-state index is 5.91. The molecule has 0 spiro atoms. The van der Waals surface area contributed by atoms with Crippen molar-refractivity contribution in [2.45, 2.75) is 57.8 Å². The van der Waals surface area contributed by atoms with Gasteiger partial charge < -0.3 is 10.1 Å². The van der Waals surface area contributed by atoms with Crippen molar-refractivity contribution in [1.82, 2.24) is 10.2 Å². The SMILES string of the molecule is CCC1CN(CC2CCC(C)O2)CCCN1. The molecule has 0 aliphatic carbocycles. The molecule has 2 heterocycles. The molecule has 0 amide bonds. The van der Waals surface area contributed by atoms with Crippen LogP contribution in [0.3, 0.4) is 0 Å². The summed E-state index contributed by atoms with van der Waals surface area (Å²) >= 11 is 0. The van der Waals surface area contributed by atoms with Crippen molar-refractivity contribution in [1.29, 1.82) is 0 Å². The van der Waals surface area contributed by atoms with Crippen LogP contribution in [0.2, 0.25) is 0 Å². The van der Waals surface area contributed by atoms with Crippen molar-refractivity contribution in [3.05, 3.63) is 0 Å². The van der Waals surface area contributed by atoms with Crippen molar-refractivity contribution >= 4 is 0 Å². The zero-order valence-electron chi connectivity index (χ0n) is 10.7. The summed E-state index contributed by atoms with van der Waals surface area (Å²) in [4.78, 5) is 2.59. The molecule has 0 aromatic rings. The number of nitrogens with one attached hydrogen (secondary N) is 1. The van der Waals surface area contributed by atoms with E-state index in [0.29, 0.717) is 18.2 Å². The smallest absolute Gasteiger partial charge is 0.0706 e. The summed E-state index contributed by atoms with van der Waals surface area (Å²) in [5.41, 5.74) is 0. The molecule has 16 heavy (non-hydrogen) atoms. The van der Waals surface area contributed by atoms with Crippen molar-refractivity contribution in [2.24, 2.45) is 0 Å². The van der Waals surface area contributed by atoms with Crippen molar-refractivity contribution in [3.63, 3.8) is 0 Å². The Bertz CT molecular complexity index is 210. The molecule has 94 valence electrons. The highest BCUT2D eigenvalue weighted by molar-refractivity contribution is 4.80. The number of rotatable bonds is 3. The minimum Gasteiger partial charge on any atom is -0.374 e. The molecule has 1 N–H and O–H groups in total. The van der Waals surface area contributed by atoms with Crippen LogP contribution in [0.15, 0.2) is 0 Å². The highest BCUT2D eigenvalue weighted by Crippen LogP contribution is 2.20. The first-order valence-corrected chi connectivity index (χ1v) is 6.89. The molecule has 0 aromatic heterocycles. The van der Waals surface area contributed by atoms with Crippen LogP contribution in [0.4, 0.5) is 0 Å². The first kappa shape index (κ1) is 12.3. The van der Waals surface area contributed by atoms with E-state index in [1.54, 1.807) is 0 Å². The Hall–Kier alpha value is -0.120. The maximum atomic E-state index is 5.91.